The number of benzene rings is 2. The second-order valence-corrected chi connectivity index (χ2v) is 7.42. The number of para-hydroxylation sites is 2. The Bertz CT molecular complexity index is 958. The Kier molecular flexibility index (Phi) is 5.30. The fourth-order valence-corrected chi connectivity index (χ4v) is 3.67. The number of hydrogen-bond acceptors (Lipinski definition) is 3. The molecule has 2 aromatic carbocycles. The Labute approximate surface area is 167 Å². The molecule has 0 spiro atoms. The molecule has 0 atom stereocenters. The van der Waals surface area contributed by atoms with Gasteiger partial charge in [0.05, 0.1) is 17.6 Å². The van der Waals surface area contributed by atoms with Crippen molar-refractivity contribution in [1.29, 1.82) is 0 Å². The number of carbonyl (C=O) groups is 2. The molecule has 3 aromatic rings. The minimum Gasteiger partial charge on any atom is -0.343 e. The van der Waals surface area contributed by atoms with Crippen LogP contribution in [-0.2, 0) is 4.79 Å². The number of nitrogens with zero attached hydrogens (tertiary/aromatic N) is 2. The van der Waals surface area contributed by atoms with E-state index in [4.69, 9.17) is 11.6 Å². The molecule has 0 bridgehead atoms. The topological polar surface area (TPSA) is 78.1 Å². The number of likely N-dealkylation sites (tertiary alicyclic amines) is 1. The third-order valence-electron chi connectivity index (χ3n) is 5.15. The molecule has 1 aliphatic heterocycles. The summed E-state index contributed by atoms with van der Waals surface area (Å²) in [5.41, 5.74) is 2.50. The highest BCUT2D eigenvalue weighted by atomic mass is 35.5. The van der Waals surface area contributed by atoms with Gasteiger partial charge in [0.15, 0.2) is 0 Å². The van der Waals surface area contributed by atoms with E-state index in [0.717, 1.165) is 29.7 Å². The predicted molar refractivity (Wildman–Crippen MR) is 108 cm³/mol. The van der Waals surface area contributed by atoms with Gasteiger partial charge in [-0.1, -0.05) is 23.7 Å². The van der Waals surface area contributed by atoms with Crippen LogP contribution in [0.25, 0.3) is 11.0 Å². The summed E-state index contributed by atoms with van der Waals surface area (Å²) in [4.78, 5) is 34.4. The summed E-state index contributed by atoms with van der Waals surface area (Å²) in [7, 11) is 0. The van der Waals surface area contributed by atoms with Crippen LogP contribution in [0.2, 0.25) is 5.02 Å². The second kappa shape index (κ2) is 8.02. The van der Waals surface area contributed by atoms with Crippen LogP contribution in [-0.4, -0.2) is 46.3 Å². The number of rotatable bonds is 4. The predicted octanol–water partition coefficient (Wildman–Crippen LogP) is 3.35. The molecule has 0 saturated carbocycles. The minimum atomic E-state index is -0.276. The fraction of sp³-hybridized carbons (Fsp3) is 0.286. The highest BCUT2D eigenvalue weighted by molar-refractivity contribution is 6.30. The van der Waals surface area contributed by atoms with Crippen LogP contribution in [0.4, 0.5) is 0 Å². The molecular weight excluding hydrogens is 376 g/mol. The third kappa shape index (κ3) is 4.02. The maximum absolute atomic E-state index is 12.4. The molecule has 1 fully saturated rings. The average molecular weight is 397 g/mol. The Balaban J connectivity index is 1.29. The Morgan fingerprint density at radius 1 is 1.11 bits per heavy atom. The summed E-state index contributed by atoms with van der Waals surface area (Å²) in [6, 6.07) is 14.6. The smallest absolute Gasteiger partial charge is 0.251 e. The standard InChI is InChI=1S/C21H21ClN4O2/c22-16-7-5-15(6-8-16)21(28)23-13-19(27)26-11-9-14(10-12-26)20-24-17-3-1-2-4-18(17)25-20/h1-8,14H,9-13H2,(H,23,28)(H,24,25). The van der Waals surface area contributed by atoms with Crippen LogP contribution in [0.5, 0.6) is 0 Å². The molecule has 1 aromatic heterocycles. The Morgan fingerprint density at radius 3 is 2.54 bits per heavy atom. The van der Waals surface area contributed by atoms with E-state index in [-0.39, 0.29) is 18.4 Å². The summed E-state index contributed by atoms with van der Waals surface area (Å²) >= 11 is 5.83. The van der Waals surface area contributed by atoms with Gasteiger partial charge in [0.25, 0.3) is 5.91 Å². The average Bonchev–Trinajstić information content (AvgIpc) is 3.16. The lowest BCUT2D eigenvalue weighted by Crippen LogP contribution is -2.43. The van der Waals surface area contributed by atoms with Crippen molar-refractivity contribution in [2.75, 3.05) is 19.6 Å². The summed E-state index contributed by atoms with van der Waals surface area (Å²) in [6.45, 7) is 1.32. The maximum Gasteiger partial charge on any atom is 0.251 e. The number of H-pyrrole nitrogens is 1. The molecule has 28 heavy (non-hydrogen) atoms. The number of hydrogen-bond donors (Lipinski definition) is 2. The van der Waals surface area contributed by atoms with E-state index in [2.05, 4.69) is 15.3 Å². The van der Waals surface area contributed by atoms with Crippen molar-refractivity contribution < 1.29 is 9.59 Å². The summed E-state index contributed by atoms with van der Waals surface area (Å²) in [5.74, 6) is 0.969. The summed E-state index contributed by atoms with van der Waals surface area (Å²) < 4.78 is 0. The van der Waals surface area contributed by atoms with E-state index >= 15 is 0 Å². The summed E-state index contributed by atoms with van der Waals surface area (Å²) in [5, 5.41) is 3.25. The molecule has 7 heteroatoms. The van der Waals surface area contributed by atoms with Crippen molar-refractivity contribution in [3.05, 3.63) is 64.9 Å². The van der Waals surface area contributed by atoms with Gasteiger partial charge in [-0.3, -0.25) is 9.59 Å². The van der Waals surface area contributed by atoms with Gasteiger partial charge >= 0.3 is 0 Å². The molecule has 1 aliphatic rings. The first-order chi connectivity index (χ1) is 13.6. The number of halogens is 1. The molecule has 2 amide bonds. The molecular formula is C21H21ClN4O2. The van der Waals surface area contributed by atoms with Gasteiger partial charge < -0.3 is 15.2 Å². The van der Waals surface area contributed by atoms with Gasteiger partial charge in [0.2, 0.25) is 5.91 Å². The van der Waals surface area contributed by atoms with Gasteiger partial charge in [-0.15, -0.1) is 0 Å². The van der Waals surface area contributed by atoms with E-state index < -0.39 is 0 Å². The first kappa shape index (κ1) is 18.5. The zero-order valence-electron chi connectivity index (χ0n) is 15.3. The van der Waals surface area contributed by atoms with E-state index in [0.29, 0.717) is 29.6 Å². The monoisotopic (exact) mass is 396 g/mol. The first-order valence-electron chi connectivity index (χ1n) is 9.36. The zero-order chi connectivity index (χ0) is 19.5. The zero-order valence-corrected chi connectivity index (χ0v) is 16.1. The molecule has 2 N–H and O–H groups in total. The van der Waals surface area contributed by atoms with Crippen LogP contribution < -0.4 is 5.32 Å². The van der Waals surface area contributed by atoms with Crippen LogP contribution in [0.1, 0.15) is 34.9 Å². The van der Waals surface area contributed by atoms with Crippen LogP contribution in [0, 0.1) is 0 Å². The third-order valence-corrected chi connectivity index (χ3v) is 5.40. The number of imidazole rings is 1. The second-order valence-electron chi connectivity index (χ2n) is 6.98. The quantitative estimate of drug-likeness (QED) is 0.709. The van der Waals surface area contributed by atoms with Crippen LogP contribution in [0.3, 0.4) is 0 Å². The number of amides is 2. The summed E-state index contributed by atoms with van der Waals surface area (Å²) in [6.07, 6.45) is 1.72. The van der Waals surface area contributed by atoms with Gasteiger partial charge in [0, 0.05) is 29.6 Å². The molecule has 0 aliphatic carbocycles. The molecule has 4 rings (SSSR count). The SMILES string of the molecule is O=C(NCC(=O)N1CCC(c2nc3ccccc3[nH]2)CC1)c1ccc(Cl)cc1. The van der Waals surface area contributed by atoms with Gasteiger partial charge in [0.1, 0.15) is 5.82 Å². The van der Waals surface area contributed by atoms with E-state index in [9.17, 15) is 9.59 Å². The number of carbonyl (C=O) groups excluding carboxylic acids is 2. The number of piperidine rings is 1. The number of nitrogens with one attached hydrogen (secondary N) is 2. The van der Waals surface area contributed by atoms with Crippen molar-refractivity contribution >= 4 is 34.4 Å². The van der Waals surface area contributed by atoms with E-state index in [1.165, 1.54) is 0 Å². The molecule has 1 saturated heterocycles. The lowest BCUT2D eigenvalue weighted by Gasteiger charge is -2.31. The highest BCUT2D eigenvalue weighted by Gasteiger charge is 2.25. The van der Waals surface area contributed by atoms with Gasteiger partial charge in [-0.05, 0) is 49.2 Å². The molecule has 6 nitrogen and oxygen atoms in total. The normalized spacial score (nSPS) is 15.0. The fourth-order valence-electron chi connectivity index (χ4n) is 3.54. The molecule has 144 valence electrons. The number of fused-ring (bicyclic) bond motifs is 1. The van der Waals surface area contributed by atoms with Gasteiger partial charge in [-0.25, -0.2) is 4.98 Å². The lowest BCUT2D eigenvalue weighted by molar-refractivity contribution is -0.131. The Morgan fingerprint density at radius 2 is 1.82 bits per heavy atom. The number of aromatic amines is 1. The Hall–Kier alpha value is -2.86. The van der Waals surface area contributed by atoms with E-state index in [1.807, 2.05) is 24.3 Å². The lowest BCUT2D eigenvalue weighted by atomic mass is 9.96. The maximum atomic E-state index is 12.4. The van der Waals surface area contributed by atoms with Crippen molar-refractivity contribution in [2.45, 2.75) is 18.8 Å². The molecule has 0 radical (unpaired) electrons. The van der Waals surface area contributed by atoms with Crippen molar-refractivity contribution in [2.24, 2.45) is 0 Å². The van der Waals surface area contributed by atoms with Gasteiger partial charge in [-0.2, -0.15) is 0 Å². The highest BCUT2D eigenvalue weighted by Crippen LogP contribution is 2.27. The van der Waals surface area contributed by atoms with Crippen molar-refractivity contribution in [3.63, 3.8) is 0 Å². The van der Waals surface area contributed by atoms with Crippen molar-refractivity contribution in [1.82, 2.24) is 20.2 Å². The largest absolute Gasteiger partial charge is 0.343 e. The molecule has 2 heterocycles. The van der Waals surface area contributed by atoms with E-state index in [1.54, 1.807) is 29.2 Å². The molecule has 0 unspecified atom stereocenters. The minimum absolute atomic E-state index is 0.00321. The van der Waals surface area contributed by atoms with Crippen molar-refractivity contribution in [3.8, 4) is 0 Å². The number of aromatic nitrogens is 2. The van der Waals surface area contributed by atoms with Crippen LogP contribution in [0.15, 0.2) is 48.5 Å². The van der Waals surface area contributed by atoms with Crippen LogP contribution >= 0.6 is 11.6 Å². The first-order valence-corrected chi connectivity index (χ1v) is 9.74.